The Hall–Kier alpha value is -3.75. The molecule has 3 N–H and O–H groups in total. The highest BCUT2D eigenvalue weighted by molar-refractivity contribution is 7.21. The van der Waals surface area contributed by atoms with E-state index in [9.17, 15) is 5.11 Å². The van der Waals surface area contributed by atoms with Gasteiger partial charge in [0, 0.05) is 13.2 Å². The van der Waals surface area contributed by atoms with Crippen LogP contribution in [0.5, 0.6) is 0 Å². The average Bonchev–Trinajstić information content (AvgIpc) is 3.38. The summed E-state index contributed by atoms with van der Waals surface area (Å²) in [5.41, 5.74) is 4.57. The molecular weight excluding hydrogens is 506 g/mol. The number of rotatable bonds is 13. The summed E-state index contributed by atoms with van der Waals surface area (Å²) in [6.07, 6.45) is 5.69. The molecule has 0 bridgehead atoms. The molecule has 0 amide bonds. The lowest BCUT2D eigenvalue weighted by atomic mass is 10.0. The molecule has 0 aliphatic rings. The number of nitrogens with one attached hydrogen (secondary N) is 2. The fourth-order valence-electron chi connectivity index (χ4n) is 4.19. The van der Waals surface area contributed by atoms with E-state index in [0.717, 1.165) is 62.2 Å². The monoisotopic (exact) mass is 543 g/mol. The number of fused-ring (bicyclic) bond motifs is 1. The van der Waals surface area contributed by atoms with Gasteiger partial charge < -0.3 is 20.5 Å². The summed E-state index contributed by atoms with van der Waals surface area (Å²) in [5.74, 6) is 2.19. The first-order valence-electron chi connectivity index (χ1n) is 13.4. The molecule has 204 valence electrons. The molecule has 0 radical (unpaired) electrons. The Labute approximate surface area is 234 Å². The van der Waals surface area contributed by atoms with Crippen molar-refractivity contribution in [2.24, 2.45) is 5.92 Å². The zero-order chi connectivity index (χ0) is 27.6. The average molecular weight is 544 g/mol. The number of aryl methyl sites for hydroxylation is 1. The molecule has 8 heteroatoms. The first-order chi connectivity index (χ1) is 19.0. The van der Waals surface area contributed by atoms with Crippen LogP contribution in [0, 0.1) is 12.8 Å². The van der Waals surface area contributed by atoms with Gasteiger partial charge in [0.05, 0.1) is 27.2 Å². The SMILES string of the molecule is C/C=C\C(Nc1nc(C)c(-c2nc3ccccc3s2)c(NCCC(CC)CO)n1)=C(/C)OCc1ccccc1. The number of ether oxygens (including phenoxy) is 1. The van der Waals surface area contributed by atoms with Gasteiger partial charge >= 0.3 is 0 Å². The molecule has 0 saturated carbocycles. The number of para-hydroxylation sites is 1. The van der Waals surface area contributed by atoms with Gasteiger partial charge in [-0.15, -0.1) is 11.3 Å². The van der Waals surface area contributed by atoms with E-state index in [4.69, 9.17) is 19.7 Å². The predicted molar refractivity (Wildman–Crippen MR) is 162 cm³/mol. The summed E-state index contributed by atoms with van der Waals surface area (Å²) in [6, 6.07) is 18.2. The third kappa shape index (κ3) is 7.43. The second-order valence-corrected chi connectivity index (χ2v) is 10.4. The van der Waals surface area contributed by atoms with Crippen LogP contribution in [0.15, 0.2) is 78.2 Å². The molecule has 7 nitrogen and oxygen atoms in total. The lowest BCUT2D eigenvalue weighted by Gasteiger charge is -2.17. The number of aliphatic hydroxyl groups is 1. The van der Waals surface area contributed by atoms with E-state index in [1.807, 2.05) is 81.5 Å². The molecule has 0 fully saturated rings. The van der Waals surface area contributed by atoms with E-state index in [-0.39, 0.29) is 12.5 Å². The van der Waals surface area contributed by atoms with Gasteiger partial charge in [-0.05, 0) is 56.9 Å². The fraction of sp³-hybridized carbons (Fsp3) is 0.323. The second kappa shape index (κ2) is 13.9. The van der Waals surface area contributed by atoms with Crippen molar-refractivity contribution in [1.29, 1.82) is 0 Å². The Bertz CT molecular complexity index is 1390. The van der Waals surface area contributed by atoms with Gasteiger partial charge in [0.15, 0.2) is 0 Å². The minimum atomic E-state index is 0.179. The summed E-state index contributed by atoms with van der Waals surface area (Å²) in [7, 11) is 0. The van der Waals surface area contributed by atoms with Crippen molar-refractivity contribution in [3.8, 4) is 10.6 Å². The van der Waals surface area contributed by atoms with Gasteiger partial charge in [0.1, 0.15) is 23.2 Å². The highest BCUT2D eigenvalue weighted by Gasteiger charge is 2.19. The molecule has 2 heterocycles. The zero-order valence-electron chi connectivity index (χ0n) is 23.1. The molecule has 4 rings (SSSR count). The summed E-state index contributed by atoms with van der Waals surface area (Å²) < 4.78 is 7.20. The predicted octanol–water partition coefficient (Wildman–Crippen LogP) is 7.32. The van der Waals surface area contributed by atoms with Gasteiger partial charge in [-0.2, -0.15) is 4.98 Å². The normalized spacial score (nSPS) is 12.9. The number of aliphatic hydroxyl groups excluding tert-OH is 1. The number of thiazole rings is 1. The van der Waals surface area contributed by atoms with Crippen molar-refractivity contribution in [3.63, 3.8) is 0 Å². The first kappa shape index (κ1) is 28.3. The third-order valence-electron chi connectivity index (χ3n) is 6.54. The van der Waals surface area contributed by atoms with Crippen LogP contribution in [0.3, 0.4) is 0 Å². The number of allylic oxidation sites excluding steroid dienone is 3. The lowest BCUT2D eigenvalue weighted by Crippen LogP contribution is -2.15. The van der Waals surface area contributed by atoms with Crippen molar-refractivity contribution in [3.05, 3.63) is 89.5 Å². The maximum absolute atomic E-state index is 9.65. The molecule has 0 saturated heterocycles. The molecule has 0 aliphatic carbocycles. The number of aromatic nitrogens is 3. The van der Waals surface area contributed by atoms with E-state index in [1.165, 1.54) is 0 Å². The summed E-state index contributed by atoms with van der Waals surface area (Å²) in [6.45, 7) is 9.32. The van der Waals surface area contributed by atoms with Crippen LogP contribution < -0.4 is 10.6 Å². The van der Waals surface area contributed by atoms with Gasteiger partial charge in [0.2, 0.25) is 5.95 Å². The number of hydrogen-bond acceptors (Lipinski definition) is 8. The van der Waals surface area contributed by atoms with E-state index < -0.39 is 0 Å². The molecule has 1 unspecified atom stereocenters. The van der Waals surface area contributed by atoms with Crippen LogP contribution >= 0.6 is 11.3 Å². The first-order valence-corrected chi connectivity index (χ1v) is 14.2. The Morgan fingerprint density at radius 2 is 1.85 bits per heavy atom. The Morgan fingerprint density at radius 1 is 1.08 bits per heavy atom. The highest BCUT2D eigenvalue weighted by atomic mass is 32.1. The zero-order valence-corrected chi connectivity index (χ0v) is 23.9. The van der Waals surface area contributed by atoms with Crippen LogP contribution in [0.1, 0.15) is 44.9 Å². The van der Waals surface area contributed by atoms with Gasteiger partial charge in [-0.3, -0.25) is 0 Å². The second-order valence-electron chi connectivity index (χ2n) is 9.38. The van der Waals surface area contributed by atoms with Crippen LogP contribution in [0.25, 0.3) is 20.8 Å². The smallest absolute Gasteiger partial charge is 0.229 e. The minimum absolute atomic E-state index is 0.179. The van der Waals surface area contributed by atoms with Gasteiger partial charge in [-0.1, -0.05) is 61.9 Å². The standard InChI is InChI=1S/C31H37N5O2S/c1-5-12-25(22(4)38-20-24-13-8-7-9-14-24)35-31-33-21(3)28(29(36-31)32-18-17-23(6-2)19-37)30-34-26-15-10-11-16-27(26)39-30/h5,7-16,23,37H,6,17-20H2,1-4H3,(H2,32,33,35,36)/b12-5-,25-22-. The maximum atomic E-state index is 9.65. The van der Waals surface area contributed by atoms with Crippen LogP contribution in [-0.2, 0) is 11.3 Å². The van der Waals surface area contributed by atoms with Gasteiger partial charge in [0.25, 0.3) is 0 Å². The number of benzene rings is 2. The topological polar surface area (TPSA) is 92.2 Å². The van der Waals surface area contributed by atoms with Crippen molar-refractivity contribution in [2.45, 2.75) is 47.1 Å². The molecule has 39 heavy (non-hydrogen) atoms. The summed E-state index contributed by atoms with van der Waals surface area (Å²) in [4.78, 5) is 14.6. The summed E-state index contributed by atoms with van der Waals surface area (Å²) in [5, 5.41) is 17.4. The molecule has 2 aromatic carbocycles. The Kier molecular flexibility index (Phi) is 10.1. The van der Waals surface area contributed by atoms with Crippen molar-refractivity contribution in [2.75, 3.05) is 23.8 Å². The summed E-state index contributed by atoms with van der Waals surface area (Å²) >= 11 is 1.63. The van der Waals surface area contributed by atoms with E-state index in [0.29, 0.717) is 19.1 Å². The van der Waals surface area contributed by atoms with E-state index in [1.54, 1.807) is 11.3 Å². The quantitative estimate of drug-likeness (QED) is 0.120. The van der Waals surface area contributed by atoms with Crippen molar-refractivity contribution >= 4 is 33.3 Å². The van der Waals surface area contributed by atoms with Crippen molar-refractivity contribution < 1.29 is 9.84 Å². The van der Waals surface area contributed by atoms with Crippen molar-refractivity contribution in [1.82, 2.24) is 15.0 Å². The number of hydrogen-bond donors (Lipinski definition) is 3. The largest absolute Gasteiger partial charge is 0.491 e. The minimum Gasteiger partial charge on any atom is -0.491 e. The molecule has 0 spiro atoms. The molecular formula is C31H37N5O2S. The number of nitrogens with zero attached hydrogens (tertiary/aromatic N) is 3. The molecule has 2 aromatic heterocycles. The van der Waals surface area contributed by atoms with Crippen LogP contribution in [-0.4, -0.2) is 33.2 Å². The Morgan fingerprint density at radius 3 is 2.56 bits per heavy atom. The fourth-order valence-corrected chi connectivity index (χ4v) is 5.25. The lowest BCUT2D eigenvalue weighted by molar-refractivity contribution is 0.198. The Balaban J connectivity index is 1.65. The maximum Gasteiger partial charge on any atom is 0.229 e. The highest BCUT2D eigenvalue weighted by Crippen LogP contribution is 2.36. The van der Waals surface area contributed by atoms with Crippen LogP contribution in [0.2, 0.25) is 0 Å². The van der Waals surface area contributed by atoms with E-state index >= 15 is 0 Å². The molecule has 1 atom stereocenters. The third-order valence-corrected chi connectivity index (χ3v) is 7.59. The van der Waals surface area contributed by atoms with Gasteiger partial charge in [-0.25, -0.2) is 9.97 Å². The van der Waals surface area contributed by atoms with E-state index in [2.05, 4.69) is 23.6 Å². The number of anilines is 2. The van der Waals surface area contributed by atoms with Crippen LogP contribution in [0.4, 0.5) is 11.8 Å². The molecule has 0 aliphatic heterocycles. The molecule has 4 aromatic rings.